The van der Waals surface area contributed by atoms with Crippen LogP contribution in [0.3, 0.4) is 0 Å². The van der Waals surface area contributed by atoms with E-state index < -0.39 is 8.07 Å². The van der Waals surface area contributed by atoms with Crippen LogP contribution in [0.2, 0.25) is 25.7 Å². The summed E-state index contributed by atoms with van der Waals surface area (Å²) in [5.41, 5.74) is 1.48. The van der Waals surface area contributed by atoms with Crippen molar-refractivity contribution in [3.63, 3.8) is 0 Å². The Morgan fingerprint density at radius 3 is 2.63 bits per heavy atom. The van der Waals surface area contributed by atoms with Crippen LogP contribution in [0.5, 0.6) is 0 Å². The van der Waals surface area contributed by atoms with Crippen LogP contribution in [0.25, 0.3) is 10.9 Å². The zero-order chi connectivity index (χ0) is 20.2. The molecule has 27 heavy (non-hydrogen) atoms. The number of rotatable bonds is 8. The normalized spacial score (nSPS) is 12.3. The number of benzene rings is 1. The minimum atomic E-state index is -1.18. The van der Waals surface area contributed by atoms with Gasteiger partial charge >= 0.3 is 0 Å². The lowest BCUT2D eigenvalue weighted by Gasteiger charge is -2.16. The van der Waals surface area contributed by atoms with Crippen LogP contribution in [0.15, 0.2) is 40.5 Å². The number of nitrogens with zero attached hydrogens (tertiary/aromatic N) is 3. The summed E-state index contributed by atoms with van der Waals surface area (Å²) in [4.78, 5) is 14.7. The number of allylic oxidation sites excluding steroid dienone is 1. The number of Topliss-reactive ketones (excluding diaryl/α,β-unsaturated/α-hetero) is 1. The van der Waals surface area contributed by atoms with Gasteiger partial charge in [-0.25, -0.2) is 0 Å². The maximum Gasteiger partial charge on any atom is 0.221 e. The number of hydrogen-bond donors (Lipinski definition) is 0. The first kappa shape index (κ1) is 21.4. The molecule has 0 fully saturated rings. The first-order valence-electron chi connectivity index (χ1n) is 8.82. The SMILES string of the molecule is CN(C)C=C(C#N)C(=O)c1cc2cc(Br)ccc2n1COCC[Si](C)(C)C. The number of ketones is 1. The maximum atomic E-state index is 13.0. The lowest BCUT2D eigenvalue weighted by molar-refractivity contribution is 0.0842. The lowest BCUT2D eigenvalue weighted by Crippen LogP contribution is -2.22. The molecule has 0 bridgehead atoms. The van der Waals surface area contributed by atoms with Gasteiger partial charge in [0.2, 0.25) is 5.78 Å². The summed E-state index contributed by atoms with van der Waals surface area (Å²) in [7, 11) is 2.39. The largest absolute Gasteiger partial charge is 0.382 e. The van der Waals surface area contributed by atoms with E-state index in [4.69, 9.17) is 4.74 Å². The molecule has 0 aliphatic carbocycles. The lowest BCUT2D eigenvalue weighted by atomic mass is 10.1. The number of aromatic nitrogens is 1. The third-order valence-electron chi connectivity index (χ3n) is 4.07. The molecule has 0 saturated carbocycles. The smallest absolute Gasteiger partial charge is 0.221 e. The van der Waals surface area contributed by atoms with E-state index in [9.17, 15) is 10.1 Å². The summed E-state index contributed by atoms with van der Waals surface area (Å²) >= 11 is 3.47. The van der Waals surface area contributed by atoms with E-state index in [1.165, 1.54) is 0 Å². The first-order valence-corrected chi connectivity index (χ1v) is 13.3. The van der Waals surface area contributed by atoms with Gasteiger partial charge in [-0.3, -0.25) is 4.79 Å². The second-order valence-electron chi connectivity index (χ2n) is 7.96. The second-order valence-corrected chi connectivity index (χ2v) is 14.5. The molecule has 0 atom stereocenters. The Kier molecular flexibility index (Phi) is 7.04. The summed E-state index contributed by atoms with van der Waals surface area (Å²) in [5.74, 6) is -0.299. The van der Waals surface area contributed by atoms with Crippen molar-refractivity contribution in [2.75, 3.05) is 20.7 Å². The summed E-state index contributed by atoms with van der Waals surface area (Å²) in [6.45, 7) is 7.87. The van der Waals surface area contributed by atoms with Crippen LogP contribution in [0.4, 0.5) is 0 Å². The van der Waals surface area contributed by atoms with Gasteiger partial charge in [0.15, 0.2) is 0 Å². The minimum absolute atomic E-state index is 0.102. The maximum absolute atomic E-state index is 13.0. The molecule has 7 heteroatoms. The van der Waals surface area contributed by atoms with Crippen molar-refractivity contribution in [3.8, 4) is 6.07 Å². The molecule has 0 amide bonds. The van der Waals surface area contributed by atoms with E-state index in [1.54, 1.807) is 25.2 Å². The van der Waals surface area contributed by atoms with E-state index in [1.807, 2.05) is 34.9 Å². The van der Waals surface area contributed by atoms with Gasteiger partial charge in [0.25, 0.3) is 0 Å². The Hall–Kier alpha value is -1.88. The third kappa shape index (κ3) is 5.80. The fourth-order valence-electron chi connectivity index (χ4n) is 2.64. The summed E-state index contributed by atoms with van der Waals surface area (Å²) in [6.07, 6.45) is 1.55. The molecule has 0 aliphatic rings. The topological polar surface area (TPSA) is 58.3 Å². The average molecular weight is 448 g/mol. The average Bonchev–Trinajstić information content (AvgIpc) is 2.92. The summed E-state index contributed by atoms with van der Waals surface area (Å²) in [5, 5.41) is 10.3. The molecule has 2 rings (SSSR count). The molecule has 0 saturated heterocycles. The van der Waals surface area contributed by atoms with Crippen molar-refractivity contribution in [1.82, 2.24) is 9.47 Å². The molecule has 1 aromatic heterocycles. The molecule has 5 nitrogen and oxygen atoms in total. The fourth-order valence-corrected chi connectivity index (χ4v) is 3.77. The van der Waals surface area contributed by atoms with Gasteiger partial charge in [-0.1, -0.05) is 35.6 Å². The van der Waals surface area contributed by atoms with Gasteiger partial charge < -0.3 is 14.2 Å². The molecular formula is C20H26BrN3O2Si. The summed E-state index contributed by atoms with van der Waals surface area (Å²) in [6, 6.07) is 10.8. The van der Waals surface area contributed by atoms with Crippen LogP contribution < -0.4 is 0 Å². The number of nitriles is 1. The van der Waals surface area contributed by atoms with Crippen LogP contribution in [-0.4, -0.2) is 44.0 Å². The molecule has 2 aromatic rings. The predicted molar refractivity (Wildman–Crippen MR) is 115 cm³/mol. The molecule has 1 heterocycles. The Balaban J connectivity index is 2.39. The van der Waals surface area contributed by atoms with Gasteiger partial charge in [0.05, 0.1) is 11.2 Å². The van der Waals surface area contributed by atoms with Crippen LogP contribution in [-0.2, 0) is 11.5 Å². The van der Waals surface area contributed by atoms with E-state index in [-0.39, 0.29) is 18.1 Å². The number of carbonyl (C=O) groups excluding carboxylic acids is 1. The number of carbonyl (C=O) groups is 1. The first-order chi connectivity index (χ1) is 12.6. The van der Waals surface area contributed by atoms with Gasteiger partial charge in [-0.05, 0) is 30.3 Å². The number of ether oxygens (including phenoxy) is 1. The van der Waals surface area contributed by atoms with Crippen molar-refractivity contribution < 1.29 is 9.53 Å². The van der Waals surface area contributed by atoms with Gasteiger partial charge in [0, 0.05) is 44.8 Å². The Morgan fingerprint density at radius 1 is 1.33 bits per heavy atom. The van der Waals surface area contributed by atoms with Crippen molar-refractivity contribution in [3.05, 3.63) is 46.2 Å². The zero-order valence-corrected chi connectivity index (χ0v) is 19.1. The van der Waals surface area contributed by atoms with Crippen LogP contribution >= 0.6 is 15.9 Å². The zero-order valence-electron chi connectivity index (χ0n) is 16.5. The standard InChI is InChI=1S/C20H26BrN3O2Si/c1-23(2)13-16(12-22)20(25)19-11-15-10-17(21)6-7-18(15)24(19)14-26-8-9-27(3,4)5/h6-7,10-11,13H,8-9,14H2,1-5H3. The molecule has 0 spiro atoms. The Morgan fingerprint density at radius 2 is 2.04 bits per heavy atom. The van der Waals surface area contributed by atoms with Crippen molar-refractivity contribution in [1.29, 1.82) is 5.26 Å². The van der Waals surface area contributed by atoms with Gasteiger partial charge in [-0.2, -0.15) is 5.26 Å². The molecule has 0 unspecified atom stereocenters. The molecule has 1 aromatic carbocycles. The van der Waals surface area contributed by atoms with E-state index >= 15 is 0 Å². The number of hydrogen-bond acceptors (Lipinski definition) is 4. The number of fused-ring (bicyclic) bond motifs is 1. The number of halogens is 1. The summed E-state index contributed by atoms with van der Waals surface area (Å²) < 4.78 is 8.69. The highest BCUT2D eigenvalue weighted by Gasteiger charge is 2.20. The van der Waals surface area contributed by atoms with E-state index in [0.717, 1.165) is 21.4 Å². The van der Waals surface area contributed by atoms with E-state index in [2.05, 4.69) is 35.6 Å². The second kappa shape index (κ2) is 8.87. The van der Waals surface area contributed by atoms with Gasteiger partial charge in [-0.15, -0.1) is 0 Å². The fraction of sp³-hybridized carbons (Fsp3) is 0.400. The molecule has 144 valence electrons. The quantitative estimate of drug-likeness (QED) is 0.190. The Bertz CT molecular complexity index is 904. The van der Waals surface area contributed by atoms with Crippen molar-refractivity contribution in [2.24, 2.45) is 0 Å². The van der Waals surface area contributed by atoms with Crippen molar-refractivity contribution in [2.45, 2.75) is 32.4 Å². The predicted octanol–water partition coefficient (Wildman–Crippen LogP) is 4.87. The molecule has 0 aliphatic heterocycles. The highest BCUT2D eigenvalue weighted by Crippen LogP contribution is 2.25. The third-order valence-corrected chi connectivity index (χ3v) is 6.26. The Labute approximate surface area is 170 Å². The highest BCUT2D eigenvalue weighted by atomic mass is 79.9. The van der Waals surface area contributed by atoms with Crippen molar-refractivity contribution >= 4 is 40.7 Å². The monoisotopic (exact) mass is 447 g/mol. The molecule has 0 N–H and O–H groups in total. The molecular weight excluding hydrogens is 422 g/mol. The minimum Gasteiger partial charge on any atom is -0.382 e. The van der Waals surface area contributed by atoms with E-state index in [0.29, 0.717) is 12.3 Å². The molecule has 0 radical (unpaired) electrons. The van der Waals surface area contributed by atoms with Crippen LogP contribution in [0, 0.1) is 11.3 Å². The highest BCUT2D eigenvalue weighted by molar-refractivity contribution is 9.10. The van der Waals surface area contributed by atoms with Crippen LogP contribution in [0.1, 0.15) is 10.5 Å². The van der Waals surface area contributed by atoms with Gasteiger partial charge in [0.1, 0.15) is 18.4 Å².